The minimum Gasteiger partial charge on any atom is -0.481 e. The zero-order valence-electron chi connectivity index (χ0n) is 10.6. The van der Waals surface area contributed by atoms with Crippen molar-refractivity contribution in [3.8, 4) is 0 Å². The number of nitrogens with zero attached hydrogens (tertiary/aromatic N) is 3. The number of aromatic nitrogens is 2. The lowest BCUT2D eigenvalue weighted by molar-refractivity contribution is -0.143. The van der Waals surface area contributed by atoms with Crippen LogP contribution in [0.5, 0.6) is 0 Å². The molecule has 98 valence electrons. The number of amides is 1. The molecule has 1 atom stereocenters. The molecule has 1 N–H and O–H groups in total. The molecular weight excluding hydrogens is 234 g/mol. The van der Waals surface area contributed by atoms with Gasteiger partial charge >= 0.3 is 5.97 Å². The molecule has 0 spiro atoms. The van der Waals surface area contributed by atoms with Crippen molar-refractivity contribution in [2.75, 3.05) is 13.1 Å². The number of carboxylic acid groups (broad SMARTS) is 1. The second-order valence-electron chi connectivity index (χ2n) is 4.70. The number of likely N-dealkylation sites (tertiary alicyclic amines) is 1. The first-order chi connectivity index (χ1) is 8.50. The van der Waals surface area contributed by atoms with E-state index in [0.29, 0.717) is 25.1 Å². The Hall–Kier alpha value is -1.85. The molecule has 18 heavy (non-hydrogen) atoms. The Bertz CT molecular complexity index is 481. The largest absolute Gasteiger partial charge is 0.481 e. The first kappa shape index (κ1) is 12.6. The van der Waals surface area contributed by atoms with Crippen LogP contribution in [0.2, 0.25) is 0 Å². The quantitative estimate of drug-likeness (QED) is 0.838. The van der Waals surface area contributed by atoms with Gasteiger partial charge in [-0.2, -0.15) is 5.10 Å². The second kappa shape index (κ2) is 4.80. The van der Waals surface area contributed by atoms with Gasteiger partial charge in [-0.3, -0.25) is 14.3 Å². The molecule has 1 fully saturated rings. The third-order valence-corrected chi connectivity index (χ3v) is 3.52. The molecule has 1 amide bonds. The highest BCUT2D eigenvalue weighted by atomic mass is 16.4. The molecule has 0 aromatic carbocycles. The van der Waals surface area contributed by atoms with Gasteiger partial charge in [-0.1, -0.05) is 0 Å². The predicted octanol–water partition coefficient (Wildman–Crippen LogP) is 0.665. The van der Waals surface area contributed by atoms with Gasteiger partial charge in [0.15, 0.2) is 0 Å². The smallest absolute Gasteiger partial charge is 0.308 e. The second-order valence-corrected chi connectivity index (χ2v) is 4.70. The third kappa shape index (κ3) is 2.23. The van der Waals surface area contributed by atoms with Crippen molar-refractivity contribution in [2.45, 2.75) is 19.8 Å². The van der Waals surface area contributed by atoms with Gasteiger partial charge in [-0.05, 0) is 19.8 Å². The molecule has 6 nitrogen and oxygen atoms in total. The van der Waals surface area contributed by atoms with Gasteiger partial charge in [0, 0.05) is 25.8 Å². The Labute approximate surface area is 105 Å². The summed E-state index contributed by atoms with van der Waals surface area (Å²) in [6, 6.07) is 0. The topological polar surface area (TPSA) is 75.4 Å². The van der Waals surface area contributed by atoms with E-state index < -0.39 is 11.9 Å². The van der Waals surface area contributed by atoms with Crippen LogP contribution in [0, 0.1) is 12.8 Å². The van der Waals surface area contributed by atoms with E-state index in [1.807, 2.05) is 6.92 Å². The number of carbonyl (C=O) groups is 2. The van der Waals surface area contributed by atoms with Gasteiger partial charge in [-0.25, -0.2) is 0 Å². The van der Waals surface area contributed by atoms with Crippen molar-refractivity contribution in [3.05, 3.63) is 17.5 Å². The van der Waals surface area contributed by atoms with E-state index in [4.69, 9.17) is 5.11 Å². The van der Waals surface area contributed by atoms with Gasteiger partial charge in [0.1, 0.15) is 0 Å². The number of aliphatic carboxylic acids is 1. The summed E-state index contributed by atoms with van der Waals surface area (Å²) in [5, 5.41) is 13.1. The third-order valence-electron chi connectivity index (χ3n) is 3.52. The molecule has 0 aliphatic carbocycles. The molecule has 2 heterocycles. The fraction of sp³-hybridized carbons (Fsp3) is 0.583. The highest BCUT2D eigenvalue weighted by Gasteiger charge is 2.29. The van der Waals surface area contributed by atoms with E-state index in [1.165, 1.54) is 0 Å². The number of hydrogen-bond donors (Lipinski definition) is 1. The summed E-state index contributed by atoms with van der Waals surface area (Å²) in [5.74, 6) is -1.39. The molecule has 0 radical (unpaired) electrons. The van der Waals surface area contributed by atoms with Crippen LogP contribution >= 0.6 is 0 Å². The Morgan fingerprint density at radius 3 is 2.78 bits per heavy atom. The van der Waals surface area contributed by atoms with Crippen molar-refractivity contribution >= 4 is 11.9 Å². The first-order valence-corrected chi connectivity index (χ1v) is 6.01. The summed E-state index contributed by atoms with van der Waals surface area (Å²) in [5.41, 5.74) is 1.36. The fourth-order valence-electron chi connectivity index (χ4n) is 2.24. The molecule has 0 saturated carbocycles. The van der Waals surface area contributed by atoms with Gasteiger partial charge in [-0.15, -0.1) is 0 Å². The minimum absolute atomic E-state index is 0.119. The van der Waals surface area contributed by atoms with E-state index in [0.717, 1.165) is 12.1 Å². The number of carboxylic acids is 1. The van der Waals surface area contributed by atoms with Crippen LogP contribution in [-0.2, 0) is 11.8 Å². The van der Waals surface area contributed by atoms with Crippen LogP contribution < -0.4 is 0 Å². The predicted molar refractivity (Wildman–Crippen MR) is 64.2 cm³/mol. The summed E-state index contributed by atoms with van der Waals surface area (Å²) in [4.78, 5) is 24.9. The Balaban J connectivity index is 2.14. The van der Waals surface area contributed by atoms with E-state index in [1.54, 1.807) is 22.8 Å². The van der Waals surface area contributed by atoms with Crippen LogP contribution in [0.4, 0.5) is 0 Å². The van der Waals surface area contributed by atoms with E-state index in [-0.39, 0.29) is 5.91 Å². The molecule has 0 bridgehead atoms. The average molecular weight is 251 g/mol. The number of hydrogen-bond acceptors (Lipinski definition) is 3. The molecule has 6 heteroatoms. The Morgan fingerprint density at radius 2 is 2.22 bits per heavy atom. The molecule has 2 rings (SSSR count). The molecule has 0 unspecified atom stereocenters. The van der Waals surface area contributed by atoms with Gasteiger partial charge in [0.2, 0.25) is 0 Å². The van der Waals surface area contributed by atoms with Crippen molar-refractivity contribution in [1.29, 1.82) is 0 Å². The van der Waals surface area contributed by atoms with Crippen LogP contribution in [0.3, 0.4) is 0 Å². The summed E-state index contributed by atoms with van der Waals surface area (Å²) in [6.07, 6.45) is 2.93. The molecule has 1 aliphatic rings. The van der Waals surface area contributed by atoms with Crippen molar-refractivity contribution in [3.63, 3.8) is 0 Å². The summed E-state index contributed by atoms with van der Waals surface area (Å²) < 4.78 is 1.64. The molecule has 1 aliphatic heterocycles. The van der Waals surface area contributed by atoms with Crippen LogP contribution in [0.1, 0.15) is 28.9 Å². The molecule has 1 aromatic heterocycles. The van der Waals surface area contributed by atoms with Crippen LogP contribution in [0.25, 0.3) is 0 Å². The standard InChI is InChI=1S/C12H17N3O3/c1-8-10(6-13-14(8)2)11(16)15-5-3-4-9(7-15)12(17)18/h6,9H,3-5,7H2,1-2H3,(H,17,18)/t9-/m1/s1. The van der Waals surface area contributed by atoms with Crippen molar-refractivity contribution in [1.82, 2.24) is 14.7 Å². The monoisotopic (exact) mass is 251 g/mol. The lowest BCUT2D eigenvalue weighted by atomic mass is 9.98. The molecule has 1 saturated heterocycles. The maximum absolute atomic E-state index is 12.3. The molecule has 1 aromatic rings. The fourth-order valence-corrected chi connectivity index (χ4v) is 2.24. The first-order valence-electron chi connectivity index (χ1n) is 6.01. The average Bonchev–Trinajstić information content (AvgIpc) is 2.69. The number of aryl methyl sites for hydroxylation is 1. The SMILES string of the molecule is Cc1c(C(=O)N2CCC[C@@H](C(=O)O)C2)cnn1C. The Kier molecular flexibility index (Phi) is 3.36. The maximum atomic E-state index is 12.3. The van der Waals surface area contributed by atoms with E-state index in [9.17, 15) is 9.59 Å². The number of carbonyl (C=O) groups excluding carboxylic acids is 1. The van der Waals surface area contributed by atoms with E-state index >= 15 is 0 Å². The summed E-state index contributed by atoms with van der Waals surface area (Å²) in [7, 11) is 1.78. The van der Waals surface area contributed by atoms with Crippen molar-refractivity contribution < 1.29 is 14.7 Å². The van der Waals surface area contributed by atoms with Crippen LogP contribution in [0.15, 0.2) is 6.20 Å². The highest BCUT2D eigenvalue weighted by molar-refractivity contribution is 5.95. The molecular formula is C12H17N3O3. The maximum Gasteiger partial charge on any atom is 0.308 e. The summed E-state index contributed by atoms with van der Waals surface area (Å²) in [6.45, 7) is 2.75. The number of piperidine rings is 1. The Morgan fingerprint density at radius 1 is 1.50 bits per heavy atom. The lowest BCUT2D eigenvalue weighted by Gasteiger charge is -2.30. The summed E-state index contributed by atoms with van der Waals surface area (Å²) >= 11 is 0. The zero-order valence-corrected chi connectivity index (χ0v) is 10.6. The van der Waals surface area contributed by atoms with Gasteiger partial charge in [0.05, 0.1) is 17.7 Å². The minimum atomic E-state index is -0.824. The number of rotatable bonds is 2. The van der Waals surface area contributed by atoms with Gasteiger partial charge in [0.25, 0.3) is 5.91 Å². The van der Waals surface area contributed by atoms with Gasteiger partial charge < -0.3 is 10.0 Å². The van der Waals surface area contributed by atoms with Crippen LogP contribution in [-0.4, -0.2) is 44.8 Å². The van der Waals surface area contributed by atoms with E-state index in [2.05, 4.69) is 5.10 Å². The highest BCUT2D eigenvalue weighted by Crippen LogP contribution is 2.19. The normalized spacial score (nSPS) is 19.9. The van der Waals surface area contributed by atoms with Crippen molar-refractivity contribution in [2.24, 2.45) is 13.0 Å². The zero-order chi connectivity index (χ0) is 13.3. The lowest BCUT2D eigenvalue weighted by Crippen LogP contribution is -2.42.